The Morgan fingerprint density at radius 2 is 1.78 bits per heavy atom. The average Bonchev–Trinajstić information content (AvgIpc) is 2.62. The number of hydrogen-bond acceptors (Lipinski definition) is 3. The first-order valence-corrected chi connectivity index (χ1v) is 8.26. The Morgan fingerprint density at radius 3 is 2.44 bits per heavy atom. The fourth-order valence-electron chi connectivity index (χ4n) is 2.94. The van der Waals surface area contributed by atoms with E-state index < -0.39 is 34.8 Å². The third kappa shape index (κ3) is 3.22. The Kier molecular flexibility index (Phi) is 4.59. The molecule has 2 aromatic carbocycles. The number of nitrogens with zero attached hydrogens (tertiary/aromatic N) is 1. The minimum atomic E-state index is -4.65. The minimum Gasteiger partial charge on any atom is -0.465 e. The van der Waals surface area contributed by atoms with Crippen molar-refractivity contribution in [2.45, 2.75) is 25.6 Å². The Hall–Kier alpha value is -3.03. The van der Waals surface area contributed by atoms with Gasteiger partial charge in [-0.3, -0.25) is 9.59 Å². The zero-order chi connectivity index (χ0) is 19.8. The van der Waals surface area contributed by atoms with Gasteiger partial charge in [-0.1, -0.05) is 24.3 Å². The van der Waals surface area contributed by atoms with Crippen LogP contribution in [0.4, 0.5) is 24.5 Å². The summed E-state index contributed by atoms with van der Waals surface area (Å²) in [5.74, 6) is -1.32. The molecule has 0 saturated heterocycles. The SMILES string of the molecule is CCN1C(=O)C(C)(C(=O)Nc2ccccc2C(F)(F)F)Oc2ccccc21. The van der Waals surface area contributed by atoms with Crippen molar-refractivity contribution in [1.82, 2.24) is 0 Å². The monoisotopic (exact) mass is 378 g/mol. The summed E-state index contributed by atoms with van der Waals surface area (Å²) < 4.78 is 45.1. The standard InChI is InChI=1S/C19H17F3N2O3/c1-3-24-14-10-6-7-11-15(14)27-18(2,17(24)26)16(25)23-13-9-5-4-8-12(13)19(20,21)22/h4-11H,3H2,1-2H3,(H,23,25). The molecule has 0 spiro atoms. The van der Waals surface area contributed by atoms with Crippen LogP contribution in [0.5, 0.6) is 5.75 Å². The number of para-hydroxylation sites is 3. The highest BCUT2D eigenvalue weighted by Crippen LogP contribution is 2.39. The van der Waals surface area contributed by atoms with Crippen LogP contribution in [0.15, 0.2) is 48.5 Å². The van der Waals surface area contributed by atoms with Gasteiger partial charge < -0.3 is 15.0 Å². The molecule has 0 bridgehead atoms. The van der Waals surface area contributed by atoms with Crippen LogP contribution in [0.25, 0.3) is 0 Å². The Balaban J connectivity index is 1.97. The van der Waals surface area contributed by atoms with Crippen LogP contribution < -0.4 is 15.0 Å². The summed E-state index contributed by atoms with van der Waals surface area (Å²) in [7, 11) is 0. The van der Waals surface area contributed by atoms with E-state index in [9.17, 15) is 22.8 Å². The summed E-state index contributed by atoms with van der Waals surface area (Å²) in [6.45, 7) is 3.26. The minimum absolute atomic E-state index is 0.279. The van der Waals surface area contributed by atoms with Crippen LogP contribution >= 0.6 is 0 Å². The number of carbonyl (C=O) groups excluding carboxylic acids is 2. The molecule has 1 heterocycles. The second kappa shape index (κ2) is 6.61. The fourth-order valence-corrected chi connectivity index (χ4v) is 2.94. The highest BCUT2D eigenvalue weighted by atomic mass is 19.4. The molecule has 1 aliphatic heterocycles. The number of likely N-dealkylation sites (N-methyl/N-ethyl adjacent to an activating group) is 1. The molecule has 1 unspecified atom stereocenters. The molecule has 5 nitrogen and oxygen atoms in total. The summed E-state index contributed by atoms with van der Waals surface area (Å²) in [6.07, 6.45) is -4.65. The number of carbonyl (C=O) groups is 2. The number of ether oxygens (including phenoxy) is 1. The summed E-state index contributed by atoms with van der Waals surface area (Å²) in [5, 5.41) is 2.20. The highest BCUT2D eigenvalue weighted by molar-refractivity contribution is 6.19. The first-order chi connectivity index (χ1) is 12.7. The number of anilines is 2. The van der Waals surface area contributed by atoms with Crippen molar-refractivity contribution >= 4 is 23.2 Å². The normalized spacial score (nSPS) is 19.3. The van der Waals surface area contributed by atoms with E-state index in [4.69, 9.17) is 4.74 Å². The fraction of sp³-hybridized carbons (Fsp3) is 0.263. The molecule has 0 fully saturated rings. The Labute approximate surface area is 153 Å². The molecule has 0 saturated carbocycles. The number of fused-ring (bicyclic) bond motifs is 1. The lowest BCUT2D eigenvalue weighted by molar-refractivity contribution is -0.145. The van der Waals surface area contributed by atoms with Gasteiger partial charge in [0.25, 0.3) is 17.4 Å². The smallest absolute Gasteiger partial charge is 0.418 e. The van der Waals surface area contributed by atoms with Gasteiger partial charge in [0, 0.05) is 6.54 Å². The van der Waals surface area contributed by atoms with Gasteiger partial charge >= 0.3 is 6.18 Å². The van der Waals surface area contributed by atoms with E-state index in [-0.39, 0.29) is 6.54 Å². The number of hydrogen-bond donors (Lipinski definition) is 1. The maximum Gasteiger partial charge on any atom is 0.418 e. The first kappa shape index (κ1) is 18.8. The first-order valence-electron chi connectivity index (χ1n) is 8.26. The highest BCUT2D eigenvalue weighted by Gasteiger charge is 2.50. The molecule has 27 heavy (non-hydrogen) atoms. The lowest BCUT2D eigenvalue weighted by atomic mass is 9.99. The van der Waals surface area contributed by atoms with Crippen LogP contribution in [0, 0.1) is 0 Å². The zero-order valence-electron chi connectivity index (χ0n) is 14.6. The molecule has 3 rings (SSSR count). The molecule has 1 N–H and O–H groups in total. The number of alkyl halides is 3. The summed E-state index contributed by atoms with van der Waals surface area (Å²) in [5.41, 5.74) is -2.93. The molecule has 2 amide bonds. The molecule has 2 aromatic rings. The molecule has 0 aromatic heterocycles. The molecule has 0 aliphatic carbocycles. The van der Waals surface area contributed by atoms with E-state index >= 15 is 0 Å². The lowest BCUT2D eigenvalue weighted by Crippen LogP contribution is -2.60. The molecule has 1 aliphatic rings. The van der Waals surface area contributed by atoms with Crippen molar-refractivity contribution in [1.29, 1.82) is 0 Å². The van der Waals surface area contributed by atoms with Gasteiger partial charge in [0.15, 0.2) is 0 Å². The van der Waals surface area contributed by atoms with Crippen LogP contribution in [0.3, 0.4) is 0 Å². The van der Waals surface area contributed by atoms with Crippen molar-refractivity contribution in [3.63, 3.8) is 0 Å². The van der Waals surface area contributed by atoms with Gasteiger partial charge in [0.2, 0.25) is 0 Å². The number of amides is 2. The quantitative estimate of drug-likeness (QED) is 0.826. The number of benzene rings is 2. The van der Waals surface area contributed by atoms with Crippen molar-refractivity contribution in [2.75, 3.05) is 16.8 Å². The molecule has 1 atom stereocenters. The van der Waals surface area contributed by atoms with Gasteiger partial charge in [0.05, 0.1) is 16.9 Å². The van der Waals surface area contributed by atoms with Crippen LogP contribution in [0.2, 0.25) is 0 Å². The molecule has 142 valence electrons. The van der Waals surface area contributed by atoms with E-state index in [0.29, 0.717) is 11.4 Å². The van der Waals surface area contributed by atoms with E-state index in [0.717, 1.165) is 12.1 Å². The molecule has 8 heteroatoms. The molecular formula is C19H17F3N2O3. The van der Waals surface area contributed by atoms with Crippen molar-refractivity contribution in [2.24, 2.45) is 0 Å². The van der Waals surface area contributed by atoms with E-state index in [1.54, 1.807) is 31.2 Å². The second-order valence-electron chi connectivity index (χ2n) is 6.15. The average molecular weight is 378 g/mol. The van der Waals surface area contributed by atoms with Gasteiger partial charge in [0.1, 0.15) is 5.75 Å². The lowest BCUT2D eigenvalue weighted by Gasteiger charge is -2.39. The Morgan fingerprint density at radius 1 is 1.15 bits per heavy atom. The largest absolute Gasteiger partial charge is 0.465 e. The third-order valence-electron chi connectivity index (χ3n) is 4.35. The van der Waals surface area contributed by atoms with Crippen molar-refractivity contribution in [3.05, 3.63) is 54.1 Å². The topological polar surface area (TPSA) is 58.6 Å². The summed E-state index contributed by atoms with van der Waals surface area (Å²) >= 11 is 0. The van der Waals surface area contributed by atoms with E-state index in [1.165, 1.54) is 24.0 Å². The van der Waals surface area contributed by atoms with Crippen LogP contribution in [-0.2, 0) is 15.8 Å². The summed E-state index contributed by atoms with van der Waals surface area (Å²) in [4.78, 5) is 27.0. The maximum atomic E-state index is 13.2. The van der Waals surface area contributed by atoms with E-state index in [2.05, 4.69) is 5.32 Å². The van der Waals surface area contributed by atoms with Gasteiger partial charge in [-0.05, 0) is 38.1 Å². The van der Waals surface area contributed by atoms with E-state index in [1.807, 2.05) is 0 Å². The van der Waals surface area contributed by atoms with Crippen LogP contribution in [0.1, 0.15) is 19.4 Å². The number of nitrogens with one attached hydrogen (secondary N) is 1. The zero-order valence-corrected chi connectivity index (χ0v) is 14.6. The number of rotatable bonds is 3. The second-order valence-corrected chi connectivity index (χ2v) is 6.15. The van der Waals surface area contributed by atoms with Crippen molar-refractivity contribution in [3.8, 4) is 5.75 Å². The third-order valence-corrected chi connectivity index (χ3v) is 4.35. The molecule has 0 radical (unpaired) electrons. The number of halogens is 3. The summed E-state index contributed by atoms with van der Waals surface area (Å²) in [6, 6.07) is 11.2. The molecular weight excluding hydrogens is 361 g/mol. The predicted octanol–water partition coefficient (Wildman–Crippen LogP) is 3.85. The van der Waals surface area contributed by atoms with Gasteiger partial charge in [-0.25, -0.2) is 0 Å². The predicted molar refractivity (Wildman–Crippen MR) is 93.6 cm³/mol. The Bertz CT molecular complexity index is 898. The van der Waals surface area contributed by atoms with Crippen LogP contribution in [-0.4, -0.2) is 24.0 Å². The van der Waals surface area contributed by atoms with Gasteiger partial charge in [-0.2, -0.15) is 13.2 Å². The van der Waals surface area contributed by atoms with Gasteiger partial charge in [-0.15, -0.1) is 0 Å². The maximum absolute atomic E-state index is 13.2. The van der Waals surface area contributed by atoms with Crippen molar-refractivity contribution < 1.29 is 27.5 Å².